The molecule has 1 aromatic heterocycles. The van der Waals surface area contributed by atoms with Gasteiger partial charge < -0.3 is 4.57 Å². The van der Waals surface area contributed by atoms with Crippen LogP contribution in [-0.4, -0.2) is 35.4 Å². The molecule has 1 fully saturated rings. The van der Waals surface area contributed by atoms with Crippen LogP contribution in [0, 0.1) is 0 Å². The molecular weight excluding hydrogens is 322 g/mol. The number of hydrogen-bond donors (Lipinski definition) is 0. The smallest absolute Gasteiger partial charge is 0.243 e. The van der Waals surface area contributed by atoms with Gasteiger partial charge in [-0.3, -0.25) is 0 Å². The highest BCUT2D eigenvalue weighted by molar-refractivity contribution is 7.89. The lowest BCUT2D eigenvalue weighted by atomic mass is 9.99. The van der Waals surface area contributed by atoms with Gasteiger partial charge in [-0.1, -0.05) is 26.0 Å². The maximum atomic E-state index is 12.9. The van der Waals surface area contributed by atoms with E-state index < -0.39 is 10.0 Å². The normalized spacial score (nSPS) is 20.4. The molecule has 2 atom stereocenters. The molecule has 0 aliphatic carbocycles. The van der Waals surface area contributed by atoms with Gasteiger partial charge in [-0.2, -0.15) is 4.31 Å². The first kappa shape index (κ1) is 17.2. The maximum absolute atomic E-state index is 12.9. The van der Waals surface area contributed by atoms with Crippen molar-refractivity contribution in [3.05, 3.63) is 48.0 Å². The minimum Gasteiger partial charge on any atom is -0.338 e. The van der Waals surface area contributed by atoms with Crippen LogP contribution in [0.2, 0.25) is 0 Å². The number of sulfonamides is 1. The molecule has 2 aromatic rings. The van der Waals surface area contributed by atoms with E-state index in [1.54, 1.807) is 22.6 Å². The van der Waals surface area contributed by atoms with Crippen LogP contribution in [0.5, 0.6) is 0 Å². The van der Waals surface area contributed by atoms with Gasteiger partial charge in [-0.25, -0.2) is 13.4 Å². The fourth-order valence-electron chi connectivity index (χ4n) is 3.28. The molecule has 2 heterocycles. The molecule has 0 N–H and O–H groups in total. The van der Waals surface area contributed by atoms with Crippen LogP contribution in [0.1, 0.15) is 49.9 Å². The highest BCUT2D eigenvalue weighted by Crippen LogP contribution is 2.30. The molecule has 3 rings (SSSR count). The monoisotopic (exact) mass is 347 g/mol. The van der Waals surface area contributed by atoms with E-state index >= 15 is 0 Å². The Morgan fingerprint density at radius 2 is 2.00 bits per heavy atom. The van der Waals surface area contributed by atoms with E-state index in [-0.39, 0.29) is 5.92 Å². The second-order valence-electron chi connectivity index (χ2n) is 6.62. The standard InChI is InChI=1S/C18H25N3O2S/c1-4-14(2)15-5-7-17(8-6-15)24(22,23)21-11-9-16(13-21)18-19-10-12-20(18)3/h5-8,10,12,14,16H,4,9,11,13H2,1-3H3. The summed E-state index contributed by atoms with van der Waals surface area (Å²) in [5.41, 5.74) is 1.18. The van der Waals surface area contributed by atoms with Crippen molar-refractivity contribution < 1.29 is 8.42 Å². The molecule has 1 aliphatic rings. The van der Waals surface area contributed by atoms with E-state index in [1.165, 1.54) is 5.56 Å². The molecule has 2 unspecified atom stereocenters. The summed E-state index contributed by atoms with van der Waals surface area (Å²) in [6, 6.07) is 7.36. The quantitative estimate of drug-likeness (QED) is 0.835. The van der Waals surface area contributed by atoms with Crippen molar-refractivity contribution in [3.8, 4) is 0 Å². The van der Waals surface area contributed by atoms with Gasteiger partial charge in [0.2, 0.25) is 10.0 Å². The van der Waals surface area contributed by atoms with Gasteiger partial charge in [0.25, 0.3) is 0 Å². The van der Waals surface area contributed by atoms with E-state index in [0.717, 1.165) is 18.7 Å². The molecule has 0 saturated carbocycles. The van der Waals surface area contributed by atoms with E-state index in [4.69, 9.17) is 0 Å². The Morgan fingerprint density at radius 1 is 1.29 bits per heavy atom. The van der Waals surface area contributed by atoms with Crippen LogP contribution >= 0.6 is 0 Å². The van der Waals surface area contributed by atoms with Crippen LogP contribution < -0.4 is 0 Å². The number of imidazole rings is 1. The Hall–Kier alpha value is -1.66. The lowest BCUT2D eigenvalue weighted by Gasteiger charge is -2.17. The maximum Gasteiger partial charge on any atom is 0.243 e. The first-order valence-electron chi connectivity index (χ1n) is 8.50. The first-order valence-corrected chi connectivity index (χ1v) is 9.94. The van der Waals surface area contributed by atoms with Gasteiger partial charge >= 0.3 is 0 Å². The Morgan fingerprint density at radius 3 is 2.58 bits per heavy atom. The van der Waals surface area contributed by atoms with Crippen molar-refractivity contribution in [2.45, 2.75) is 43.4 Å². The Bertz CT molecular complexity index is 796. The summed E-state index contributed by atoms with van der Waals surface area (Å²) in [6.07, 6.45) is 5.53. The lowest BCUT2D eigenvalue weighted by molar-refractivity contribution is 0.470. The molecule has 0 bridgehead atoms. The lowest BCUT2D eigenvalue weighted by Crippen LogP contribution is -2.29. The molecular formula is C18H25N3O2S. The largest absolute Gasteiger partial charge is 0.338 e. The Balaban J connectivity index is 1.78. The van der Waals surface area contributed by atoms with Crippen molar-refractivity contribution in [3.63, 3.8) is 0 Å². The van der Waals surface area contributed by atoms with Gasteiger partial charge in [0.1, 0.15) is 5.82 Å². The van der Waals surface area contributed by atoms with Crippen molar-refractivity contribution in [1.82, 2.24) is 13.9 Å². The number of benzene rings is 1. The van der Waals surface area contributed by atoms with E-state index in [2.05, 4.69) is 18.8 Å². The highest BCUT2D eigenvalue weighted by Gasteiger charge is 2.34. The van der Waals surface area contributed by atoms with Crippen LogP contribution in [0.15, 0.2) is 41.6 Å². The SMILES string of the molecule is CCC(C)c1ccc(S(=O)(=O)N2CCC(c3nccn3C)C2)cc1. The third kappa shape index (κ3) is 3.13. The van der Waals surface area contributed by atoms with Crippen molar-refractivity contribution in [1.29, 1.82) is 0 Å². The average molecular weight is 347 g/mol. The number of rotatable bonds is 5. The predicted octanol–water partition coefficient (Wildman–Crippen LogP) is 3.11. The van der Waals surface area contributed by atoms with E-state index in [1.807, 2.05) is 29.9 Å². The second-order valence-corrected chi connectivity index (χ2v) is 8.56. The Labute approximate surface area is 144 Å². The summed E-state index contributed by atoms with van der Waals surface area (Å²) in [7, 11) is -1.48. The summed E-state index contributed by atoms with van der Waals surface area (Å²) in [4.78, 5) is 4.75. The minimum atomic E-state index is -3.43. The zero-order valence-corrected chi connectivity index (χ0v) is 15.3. The summed E-state index contributed by atoms with van der Waals surface area (Å²) in [5.74, 6) is 1.57. The molecule has 24 heavy (non-hydrogen) atoms. The molecule has 0 spiro atoms. The third-order valence-corrected chi connectivity index (χ3v) is 6.95. The molecule has 1 aliphatic heterocycles. The predicted molar refractivity (Wildman–Crippen MR) is 94.5 cm³/mol. The van der Waals surface area contributed by atoms with E-state index in [9.17, 15) is 8.42 Å². The number of nitrogens with zero attached hydrogens (tertiary/aromatic N) is 3. The van der Waals surface area contributed by atoms with Crippen LogP contribution in [0.25, 0.3) is 0 Å². The summed E-state index contributed by atoms with van der Waals surface area (Å²) in [5, 5.41) is 0. The molecule has 0 amide bonds. The third-order valence-electron chi connectivity index (χ3n) is 5.07. The fraction of sp³-hybridized carbons (Fsp3) is 0.500. The van der Waals surface area contributed by atoms with Gasteiger partial charge in [0.05, 0.1) is 4.90 Å². The zero-order valence-electron chi connectivity index (χ0n) is 14.5. The molecule has 6 heteroatoms. The summed E-state index contributed by atoms with van der Waals surface area (Å²) >= 11 is 0. The number of hydrogen-bond acceptors (Lipinski definition) is 3. The Kier molecular flexibility index (Phi) is 4.78. The minimum absolute atomic E-state index is 0.166. The van der Waals surface area contributed by atoms with Crippen LogP contribution in [-0.2, 0) is 17.1 Å². The van der Waals surface area contributed by atoms with Crippen LogP contribution in [0.3, 0.4) is 0 Å². The first-order chi connectivity index (χ1) is 11.4. The van der Waals surface area contributed by atoms with Gasteiger partial charge in [-0.15, -0.1) is 0 Å². The topological polar surface area (TPSA) is 55.2 Å². The highest BCUT2D eigenvalue weighted by atomic mass is 32.2. The van der Waals surface area contributed by atoms with Crippen molar-refractivity contribution in [2.75, 3.05) is 13.1 Å². The van der Waals surface area contributed by atoms with Crippen molar-refractivity contribution >= 4 is 10.0 Å². The molecule has 1 saturated heterocycles. The van der Waals surface area contributed by atoms with Gasteiger partial charge in [0, 0.05) is 38.4 Å². The average Bonchev–Trinajstić information content (AvgIpc) is 3.23. The van der Waals surface area contributed by atoms with Gasteiger partial charge in [0.15, 0.2) is 0 Å². The molecule has 130 valence electrons. The van der Waals surface area contributed by atoms with Gasteiger partial charge in [-0.05, 0) is 36.5 Å². The number of aryl methyl sites for hydroxylation is 1. The summed E-state index contributed by atoms with van der Waals surface area (Å²) < 4.78 is 29.3. The second kappa shape index (κ2) is 6.69. The molecule has 1 aromatic carbocycles. The van der Waals surface area contributed by atoms with Crippen LogP contribution in [0.4, 0.5) is 0 Å². The summed E-state index contributed by atoms with van der Waals surface area (Å²) in [6.45, 7) is 5.34. The number of aromatic nitrogens is 2. The van der Waals surface area contributed by atoms with E-state index in [0.29, 0.717) is 23.9 Å². The molecule has 5 nitrogen and oxygen atoms in total. The zero-order chi connectivity index (χ0) is 17.3. The van der Waals surface area contributed by atoms with Crippen molar-refractivity contribution in [2.24, 2.45) is 7.05 Å². The molecule has 0 radical (unpaired) electrons. The fourth-order valence-corrected chi connectivity index (χ4v) is 4.78.